The van der Waals surface area contributed by atoms with Crippen molar-refractivity contribution >= 4 is 28.8 Å². The van der Waals surface area contributed by atoms with E-state index < -0.39 is 24.3 Å². The zero-order valence-corrected chi connectivity index (χ0v) is 20.9. The highest BCUT2D eigenvalue weighted by Gasteiger charge is 2.39. The summed E-state index contributed by atoms with van der Waals surface area (Å²) in [5, 5.41) is 18.7. The number of rotatable bonds is 3. The van der Waals surface area contributed by atoms with Crippen LogP contribution in [0.15, 0.2) is 55.0 Å². The molecule has 3 aromatic rings. The molecule has 2 bridgehead atoms. The lowest BCUT2D eigenvalue weighted by Gasteiger charge is -2.39. The lowest BCUT2D eigenvalue weighted by molar-refractivity contribution is -0.193. The molecule has 5 rings (SSSR count). The number of benzene rings is 1. The summed E-state index contributed by atoms with van der Waals surface area (Å²) in [5.41, 5.74) is 2.48. The SMILES string of the molecule is O=C(O)C(F)(F)F.O=C(O)C(F)(F)F.O=C(OC1C[C@H]2COC[C@@H](C1)N2)c1cn(-c2cccnc2)c2ccccc12. The van der Waals surface area contributed by atoms with Crippen LogP contribution in [0, 0.1) is 0 Å². The van der Waals surface area contributed by atoms with Crippen LogP contribution in [0.2, 0.25) is 0 Å². The van der Waals surface area contributed by atoms with E-state index in [9.17, 15) is 31.1 Å². The van der Waals surface area contributed by atoms with E-state index in [1.165, 1.54) is 0 Å². The van der Waals surface area contributed by atoms with Crippen LogP contribution in [0.25, 0.3) is 16.6 Å². The van der Waals surface area contributed by atoms with Crippen LogP contribution in [0.3, 0.4) is 0 Å². The largest absolute Gasteiger partial charge is 0.490 e. The van der Waals surface area contributed by atoms with E-state index in [1.54, 1.807) is 12.4 Å². The first-order chi connectivity index (χ1) is 19.2. The summed E-state index contributed by atoms with van der Waals surface area (Å²) in [6.45, 7) is 1.37. The van der Waals surface area contributed by atoms with Gasteiger partial charge in [0.1, 0.15) is 6.10 Å². The van der Waals surface area contributed by atoms with E-state index in [2.05, 4.69) is 10.3 Å². The monoisotopic (exact) mass is 591 g/mol. The van der Waals surface area contributed by atoms with Crippen molar-refractivity contribution in [2.75, 3.05) is 13.2 Å². The van der Waals surface area contributed by atoms with Crippen molar-refractivity contribution in [3.63, 3.8) is 0 Å². The van der Waals surface area contributed by atoms with Crippen LogP contribution < -0.4 is 5.32 Å². The first kappa shape index (κ1) is 31.3. The summed E-state index contributed by atoms with van der Waals surface area (Å²) >= 11 is 0. The lowest BCUT2D eigenvalue weighted by atomic mass is 9.94. The number of carbonyl (C=O) groups is 3. The molecule has 0 saturated carbocycles. The number of esters is 1. The number of fused-ring (bicyclic) bond motifs is 3. The second kappa shape index (κ2) is 13.0. The van der Waals surface area contributed by atoms with E-state index in [4.69, 9.17) is 29.3 Å². The maximum absolute atomic E-state index is 13.0. The van der Waals surface area contributed by atoms with Crippen LogP contribution in [-0.2, 0) is 19.1 Å². The van der Waals surface area contributed by atoms with E-state index in [1.807, 2.05) is 47.2 Å². The van der Waals surface area contributed by atoms with Gasteiger partial charge in [0.15, 0.2) is 0 Å². The highest BCUT2D eigenvalue weighted by molar-refractivity contribution is 6.05. The maximum atomic E-state index is 13.0. The number of carboxylic acid groups (broad SMARTS) is 2. The number of piperidine rings is 1. The predicted molar refractivity (Wildman–Crippen MR) is 128 cm³/mol. The van der Waals surface area contributed by atoms with Gasteiger partial charge in [-0.1, -0.05) is 18.2 Å². The van der Waals surface area contributed by atoms with Gasteiger partial charge < -0.3 is 29.6 Å². The number of pyridine rings is 1. The first-order valence-electron chi connectivity index (χ1n) is 11.8. The molecular formula is C25H23F6N3O7. The Hall–Kier alpha value is -4.18. The highest BCUT2D eigenvalue weighted by Crippen LogP contribution is 2.27. The van der Waals surface area contributed by atoms with E-state index >= 15 is 0 Å². The van der Waals surface area contributed by atoms with Gasteiger partial charge in [-0.05, 0) is 18.2 Å². The third-order valence-corrected chi connectivity index (χ3v) is 5.82. The minimum Gasteiger partial charge on any atom is -0.475 e. The number of hydrogen-bond acceptors (Lipinski definition) is 7. The van der Waals surface area contributed by atoms with Gasteiger partial charge in [-0.15, -0.1) is 0 Å². The molecule has 2 fully saturated rings. The molecule has 2 aliphatic heterocycles. The van der Waals surface area contributed by atoms with Crippen molar-refractivity contribution in [1.82, 2.24) is 14.9 Å². The number of halogens is 6. The Balaban J connectivity index is 0.000000276. The number of alkyl halides is 6. The van der Waals surface area contributed by atoms with Crippen LogP contribution >= 0.6 is 0 Å². The summed E-state index contributed by atoms with van der Waals surface area (Å²) in [6, 6.07) is 12.3. The van der Waals surface area contributed by atoms with Crippen LogP contribution in [-0.4, -0.2) is 81.4 Å². The Labute approximate surface area is 227 Å². The molecule has 1 aromatic carbocycles. The number of hydrogen-bond donors (Lipinski definition) is 3. The van der Waals surface area contributed by atoms with E-state index in [-0.39, 0.29) is 24.2 Å². The third kappa shape index (κ3) is 8.65. The van der Waals surface area contributed by atoms with Crippen molar-refractivity contribution in [1.29, 1.82) is 0 Å². The Morgan fingerprint density at radius 2 is 1.49 bits per heavy atom. The average Bonchev–Trinajstić information content (AvgIpc) is 3.29. The van der Waals surface area contributed by atoms with Gasteiger partial charge in [0.05, 0.1) is 36.2 Å². The van der Waals surface area contributed by atoms with Crippen LogP contribution in [0.4, 0.5) is 26.3 Å². The fourth-order valence-corrected chi connectivity index (χ4v) is 4.15. The van der Waals surface area contributed by atoms with Crippen molar-refractivity contribution in [2.24, 2.45) is 0 Å². The molecular weight excluding hydrogens is 568 g/mol. The van der Waals surface area contributed by atoms with Gasteiger partial charge in [0.25, 0.3) is 0 Å². The van der Waals surface area contributed by atoms with Gasteiger partial charge in [-0.3, -0.25) is 4.98 Å². The van der Waals surface area contributed by atoms with E-state index in [0.29, 0.717) is 18.8 Å². The minimum atomic E-state index is -5.08. The van der Waals surface area contributed by atoms with Gasteiger partial charge in [0.2, 0.25) is 0 Å². The predicted octanol–water partition coefficient (Wildman–Crippen LogP) is 3.97. The molecule has 0 radical (unpaired) electrons. The number of nitrogens with zero attached hydrogens (tertiary/aromatic N) is 2. The lowest BCUT2D eigenvalue weighted by Crippen LogP contribution is -2.56. The Morgan fingerprint density at radius 1 is 0.927 bits per heavy atom. The molecule has 0 aliphatic carbocycles. The van der Waals surface area contributed by atoms with Crippen LogP contribution in [0.1, 0.15) is 23.2 Å². The number of aromatic nitrogens is 2. The molecule has 2 aliphatic rings. The summed E-state index contributed by atoms with van der Waals surface area (Å²) < 4.78 is 76.9. The molecule has 2 saturated heterocycles. The molecule has 0 amide bonds. The summed E-state index contributed by atoms with van der Waals surface area (Å²) in [5.74, 6) is -5.78. The van der Waals surface area contributed by atoms with Crippen LogP contribution in [0.5, 0.6) is 0 Å². The molecule has 0 spiro atoms. The van der Waals surface area contributed by atoms with Gasteiger partial charge >= 0.3 is 30.3 Å². The fraction of sp³-hybridized carbons (Fsp3) is 0.360. The van der Waals surface area contributed by atoms with E-state index in [0.717, 1.165) is 29.4 Å². The third-order valence-electron chi connectivity index (χ3n) is 5.82. The summed E-state index contributed by atoms with van der Waals surface area (Å²) in [7, 11) is 0. The Morgan fingerprint density at radius 3 is 2.00 bits per heavy atom. The Kier molecular flexibility index (Phi) is 9.93. The molecule has 2 aromatic heterocycles. The number of morpholine rings is 1. The average molecular weight is 591 g/mol. The van der Waals surface area contributed by atoms with Crippen molar-refractivity contribution in [3.05, 3.63) is 60.6 Å². The number of ether oxygens (including phenoxy) is 2. The zero-order valence-electron chi connectivity index (χ0n) is 20.9. The fourth-order valence-electron chi connectivity index (χ4n) is 4.15. The number of nitrogens with one attached hydrogen (secondary N) is 1. The second-order valence-corrected chi connectivity index (χ2v) is 8.84. The van der Waals surface area contributed by atoms with Crippen molar-refractivity contribution < 1.29 is 60.4 Å². The molecule has 10 nitrogen and oxygen atoms in total. The first-order valence-corrected chi connectivity index (χ1v) is 11.8. The Bertz CT molecular complexity index is 1330. The standard InChI is InChI=1S/C21H21N3O3.2C2HF3O2/c25-21(27-17-8-14-12-26-13-15(9-17)23-14)19-11-24(16-4-3-7-22-10-16)20-6-2-1-5-18(19)20;2*3-2(4,5)1(6)7/h1-7,10-11,14-15,17,23H,8-9,12-13H2;2*(H,6,7)/t14-,15+,17?;;. The van der Waals surface area contributed by atoms with Crippen molar-refractivity contribution in [2.45, 2.75) is 43.4 Å². The molecule has 16 heteroatoms. The second-order valence-electron chi connectivity index (χ2n) is 8.84. The molecule has 3 N–H and O–H groups in total. The summed E-state index contributed by atoms with van der Waals surface area (Å²) in [6.07, 6.45) is -3.27. The number of carbonyl (C=O) groups excluding carboxylic acids is 1. The van der Waals surface area contributed by atoms with Gasteiger partial charge in [0, 0.05) is 42.7 Å². The number of para-hydroxylation sites is 1. The molecule has 1 unspecified atom stereocenters. The highest BCUT2D eigenvalue weighted by atomic mass is 19.4. The molecule has 4 heterocycles. The topological polar surface area (TPSA) is 140 Å². The smallest absolute Gasteiger partial charge is 0.475 e. The van der Waals surface area contributed by atoms with Gasteiger partial charge in [-0.2, -0.15) is 26.3 Å². The normalized spacial score (nSPS) is 20.1. The van der Waals surface area contributed by atoms with Gasteiger partial charge in [-0.25, -0.2) is 14.4 Å². The maximum Gasteiger partial charge on any atom is 0.490 e. The molecule has 222 valence electrons. The number of carboxylic acids is 2. The molecule has 3 atom stereocenters. The summed E-state index contributed by atoms with van der Waals surface area (Å²) in [4.78, 5) is 35.0. The number of aliphatic carboxylic acids is 2. The van der Waals surface area contributed by atoms with Crippen molar-refractivity contribution in [3.8, 4) is 5.69 Å². The molecule has 41 heavy (non-hydrogen) atoms. The zero-order chi connectivity index (χ0) is 30.4. The minimum absolute atomic E-state index is 0.0712. The quantitative estimate of drug-likeness (QED) is 0.305.